The van der Waals surface area contributed by atoms with Crippen LogP contribution >= 0.6 is 0 Å². The maximum Gasteiger partial charge on any atom is 0.241 e. The van der Waals surface area contributed by atoms with E-state index in [4.69, 9.17) is 10.5 Å². The van der Waals surface area contributed by atoms with Crippen molar-refractivity contribution in [1.29, 1.82) is 0 Å². The van der Waals surface area contributed by atoms with Crippen LogP contribution in [0, 0.1) is 0 Å². The van der Waals surface area contributed by atoms with Crippen LogP contribution in [0.5, 0.6) is 5.75 Å². The molecule has 1 amide bonds. The van der Waals surface area contributed by atoms with Crippen LogP contribution in [-0.2, 0) is 4.79 Å². The second kappa shape index (κ2) is 5.35. The van der Waals surface area contributed by atoms with E-state index in [1.165, 1.54) is 11.6 Å². The van der Waals surface area contributed by atoms with Crippen LogP contribution in [0.15, 0.2) is 24.3 Å². The second-order valence-corrected chi connectivity index (χ2v) is 3.89. The molecule has 0 aromatic heterocycles. The molecule has 0 aliphatic carbocycles. The number of carbonyl (C=O) groups is 1. The molecular formula is C13H17NO2. The minimum absolute atomic E-state index is 0.437. The Bertz CT molecular complexity index is 408. The Kier molecular flexibility index (Phi) is 4.11. The van der Waals surface area contributed by atoms with Crippen molar-refractivity contribution in [2.24, 2.45) is 5.73 Å². The van der Waals surface area contributed by atoms with E-state index in [9.17, 15) is 4.79 Å². The molecule has 86 valence electrons. The van der Waals surface area contributed by atoms with Crippen molar-refractivity contribution in [3.05, 3.63) is 35.4 Å². The predicted octanol–water partition coefficient (Wildman–Crippen LogP) is 2.32. The molecule has 0 aliphatic heterocycles. The van der Waals surface area contributed by atoms with E-state index >= 15 is 0 Å². The topological polar surface area (TPSA) is 52.3 Å². The number of hydrogen-bond acceptors (Lipinski definition) is 2. The molecule has 0 unspecified atom stereocenters. The van der Waals surface area contributed by atoms with Crippen LogP contribution in [0.1, 0.15) is 30.9 Å². The van der Waals surface area contributed by atoms with E-state index in [-0.39, 0.29) is 0 Å². The number of ether oxygens (including phenoxy) is 1. The van der Waals surface area contributed by atoms with Crippen LogP contribution in [-0.4, -0.2) is 13.0 Å². The lowest BCUT2D eigenvalue weighted by molar-refractivity contribution is -0.113. The molecule has 3 nitrogen and oxygen atoms in total. The molecule has 16 heavy (non-hydrogen) atoms. The number of methoxy groups -OCH3 is 1. The lowest BCUT2D eigenvalue weighted by Crippen LogP contribution is -2.05. The fourth-order valence-electron chi connectivity index (χ4n) is 1.41. The minimum atomic E-state index is -0.461. The van der Waals surface area contributed by atoms with Gasteiger partial charge < -0.3 is 10.5 Å². The molecule has 3 heteroatoms. The van der Waals surface area contributed by atoms with Crippen molar-refractivity contribution in [3.8, 4) is 5.75 Å². The zero-order valence-electron chi connectivity index (χ0n) is 9.86. The summed E-state index contributed by atoms with van der Waals surface area (Å²) in [5.74, 6) is 0.713. The molecule has 0 saturated heterocycles. The van der Waals surface area contributed by atoms with Gasteiger partial charge in [-0.05, 0) is 29.7 Å². The van der Waals surface area contributed by atoms with Crippen LogP contribution in [0.2, 0.25) is 0 Å². The van der Waals surface area contributed by atoms with E-state index in [0.29, 0.717) is 5.92 Å². The normalized spacial score (nSPS) is 11.0. The van der Waals surface area contributed by atoms with Crippen LogP contribution in [0.4, 0.5) is 0 Å². The smallest absolute Gasteiger partial charge is 0.241 e. The summed E-state index contributed by atoms with van der Waals surface area (Å²) in [7, 11) is 1.60. The molecule has 2 N–H and O–H groups in total. The number of rotatable bonds is 4. The van der Waals surface area contributed by atoms with E-state index in [2.05, 4.69) is 13.8 Å². The lowest BCUT2D eigenvalue weighted by Gasteiger charge is -2.10. The van der Waals surface area contributed by atoms with Gasteiger partial charge in [0.15, 0.2) is 0 Å². The van der Waals surface area contributed by atoms with E-state index in [1.807, 2.05) is 18.2 Å². The number of primary amides is 1. The first-order valence-corrected chi connectivity index (χ1v) is 5.20. The highest BCUT2D eigenvalue weighted by Crippen LogP contribution is 2.25. The molecular weight excluding hydrogens is 202 g/mol. The molecule has 0 spiro atoms. The van der Waals surface area contributed by atoms with Crippen molar-refractivity contribution in [3.63, 3.8) is 0 Å². The molecule has 0 fully saturated rings. The summed E-state index contributed by atoms with van der Waals surface area (Å²) in [4.78, 5) is 10.7. The average molecular weight is 219 g/mol. The molecule has 1 aromatic rings. The van der Waals surface area contributed by atoms with Crippen molar-refractivity contribution in [2.45, 2.75) is 19.8 Å². The fraction of sp³-hybridized carbons (Fsp3) is 0.308. The third-order valence-corrected chi connectivity index (χ3v) is 2.35. The molecule has 0 heterocycles. The van der Waals surface area contributed by atoms with Crippen molar-refractivity contribution in [1.82, 2.24) is 0 Å². The Hall–Kier alpha value is -1.77. The predicted molar refractivity (Wildman–Crippen MR) is 65.3 cm³/mol. The van der Waals surface area contributed by atoms with Crippen LogP contribution < -0.4 is 10.5 Å². The quantitative estimate of drug-likeness (QED) is 0.790. The van der Waals surface area contributed by atoms with Gasteiger partial charge in [-0.15, -0.1) is 0 Å². The van der Waals surface area contributed by atoms with Gasteiger partial charge in [0.25, 0.3) is 0 Å². The number of benzene rings is 1. The maximum atomic E-state index is 10.7. The van der Waals surface area contributed by atoms with Crippen LogP contribution in [0.25, 0.3) is 6.08 Å². The maximum absolute atomic E-state index is 10.7. The van der Waals surface area contributed by atoms with Gasteiger partial charge in [-0.2, -0.15) is 0 Å². The zero-order valence-corrected chi connectivity index (χ0v) is 9.86. The Morgan fingerprint density at radius 1 is 1.44 bits per heavy atom. The summed E-state index contributed by atoms with van der Waals surface area (Å²) in [5, 5.41) is 0. The molecule has 0 radical (unpaired) electrons. The third kappa shape index (κ3) is 3.12. The van der Waals surface area contributed by atoms with Gasteiger partial charge in [-0.1, -0.05) is 19.9 Å². The van der Waals surface area contributed by atoms with E-state index in [1.54, 1.807) is 13.2 Å². The standard InChI is InChI=1S/C13H17NO2/c1-9(2)10-4-6-12(16-3)11(8-10)5-7-13(14)15/h4-9H,1-3H3,(H2,14,15)/b7-5+. The molecule has 0 aliphatic rings. The van der Waals surface area contributed by atoms with Gasteiger partial charge in [0.2, 0.25) is 5.91 Å². The van der Waals surface area contributed by atoms with Crippen molar-refractivity contribution < 1.29 is 9.53 Å². The number of carbonyl (C=O) groups excluding carboxylic acids is 1. The summed E-state index contributed by atoms with van der Waals surface area (Å²) >= 11 is 0. The van der Waals surface area contributed by atoms with Gasteiger partial charge in [0.1, 0.15) is 5.75 Å². The number of amides is 1. The zero-order chi connectivity index (χ0) is 12.1. The first-order chi connectivity index (χ1) is 7.54. The van der Waals surface area contributed by atoms with Gasteiger partial charge in [-0.3, -0.25) is 4.79 Å². The average Bonchev–Trinajstić information content (AvgIpc) is 2.25. The van der Waals surface area contributed by atoms with Crippen LogP contribution in [0.3, 0.4) is 0 Å². The summed E-state index contributed by atoms with van der Waals surface area (Å²) < 4.78 is 5.21. The Morgan fingerprint density at radius 3 is 2.62 bits per heavy atom. The highest BCUT2D eigenvalue weighted by Gasteiger charge is 2.04. The largest absolute Gasteiger partial charge is 0.496 e. The molecule has 0 bridgehead atoms. The summed E-state index contributed by atoms with van der Waals surface area (Å²) in [6, 6.07) is 5.92. The summed E-state index contributed by atoms with van der Waals surface area (Å²) in [5.41, 5.74) is 7.13. The fourth-order valence-corrected chi connectivity index (χ4v) is 1.41. The van der Waals surface area contributed by atoms with E-state index < -0.39 is 5.91 Å². The van der Waals surface area contributed by atoms with Gasteiger partial charge >= 0.3 is 0 Å². The molecule has 1 aromatic carbocycles. The van der Waals surface area contributed by atoms with Gasteiger partial charge in [0, 0.05) is 11.6 Å². The number of hydrogen-bond donors (Lipinski definition) is 1. The van der Waals surface area contributed by atoms with Gasteiger partial charge in [0.05, 0.1) is 7.11 Å². The minimum Gasteiger partial charge on any atom is -0.496 e. The second-order valence-electron chi connectivity index (χ2n) is 3.89. The SMILES string of the molecule is COc1ccc(C(C)C)cc1/C=C/C(N)=O. The van der Waals surface area contributed by atoms with E-state index in [0.717, 1.165) is 11.3 Å². The molecule has 0 saturated carbocycles. The first-order valence-electron chi connectivity index (χ1n) is 5.20. The Morgan fingerprint density at radius 2 is 2.12 bits per heavy atom. The lowest BCUT2D eigenvalue weighted by atomic mass is 10.00. The van der Waals surface area contributed by atoms with Crippen molar-refractivity contribution in [2.75, 3.05) is 7.11 Å². The van der Waals surface area contributed by atoms with Gasteiger partial charge in [-0.25, -0.2) is 0 Å². The summed E-state index contributed by atoms with van der Waals surface area (Å²) in [6.45, 7) is 4.23. The third-order valence-electron chi connectivity index (χ3n) is 2.35. The summed E-state index contributed by atoms with van der Waals surface area (Å²) in [6.07, 6.45) is 3.01. The molecule has 0 atom stereocenters. The highest BCUT2D eigenvalue weighted by atomic mass is 16.5. The Balaban J connectivity index is 3.11. The Labute approximate surface area is 95.9 Å². The first kappa shape index (κ1) is 12.3. The highest BCUT2D eigenvalue weighted by molar-refractivity contribution is 5.90. The molecule has 1 rings (SSSR count). The number of nitrogens with two attached hydrogens (primary N) is 1. The van der Waals surface area contributed by atoms with Crippen molar-refractivity contribution >= 4 is 12.0 Å². The monoisotopic (exact) mass is 219 g/mol.